The van der Waals surface area contributed by atoms with Crippen LogP contribution in [0.3, 0.4) is 0 Å². The number of rotatable bonds is 2. The second-order valence-corrected chi connectivity index (χ2v) is 2.98. The number of hydrogen-bond donors (Lipinski definition) is 2. The third kappa shape index (κ3) is 3.20. The minimum Gasteiger partial charge on any atom is -0.325 e. The predicted octanol–water partition coefficient (Wildman–Crippen LogP) is 1.74. The van der Waals surface area contributed by atoms with Crippen molar-refractivity contribution in [2.75, 3.05) is 11.9 Å². The summed E-state index contributed by atoms with van der Waals surface area (Å²) in [6, 6.07) is 1.76. The Balaban J connectivity index is 3.04. The van der Waals surface area contributed by atoms with E-state index in [0.717, 1.165) is 6.07 Å². The van der Waals surface area contributed by atoms with Crippen molar-refractivity contribution in [1.82, 2.24) is 0 Å². The fourth-order valence-corrected chi connectivity index (χ4v) is 1.04. The molecular formula is C9H8F4N2O. The first-order valence-electron chi connectivity index (χ1n) is 4.20. The lowest BCUT2D eigenvalue weighted by atomic mass is 10.2. The first kappa shape index (κ1) is 12.4. The van der Waals surface area contributed by atoms with Crippen molar-refractivity contribution in [2.45, 2.75) is 6.18 Å². The molecule has 0 saturated heterocycles. The quantitative estimate of drug-likeness (QED) is 0.768. The van der Waals surface area contributed by atoms with E-state index in [0.29, 0.717) is 12.1 Å². The summed E-state index contributed by atoms with van der Waals surface area (Å²) in [4.78, 5) is 10.8. The van der Waals surface area contributed by atoms with Gasteiger partial charge in [0.05, 0.1) is 12.1 Å². The average Bonchev–Trinajstić information content (AvgIpc) is 2.15. The van der Waals surface area contributed by atoms with Gasteiger partial charge in [0, 0.05) is 5.69 Å². The number of halogens is 4. The molecule has 16 heavy (non-hydrogen) atoms. The summed E-state index contributed by atoms with van der Waals surface area (Å²) >= 11 is 0. The van der Waals surface area contributed by atoms with Crippen molar-refractivity contribution >= 4 is 11.6 Å². The molecule has 0 atom stereocenters. The Labute approximate surface area is 88.2 Å². The van der Waals surface area contributed by atoms with Gasteiger partial charge in [0.25, 0.3) is 0 Å². The first-order chi connectivity index (χ1) is 7.32. The van der Waals surface area contributed by atoms with Crippen LogP contribution in [0.25, 0.3) is 0 Å². The van der Waals surface area contributed by atoms with Crippen molar-refractivity contribution < 1.29 is 22.4 Å². The number of nitrogens with two attached hydrogens (primary N) is 1. The van der Waals surface area contributed by atoms with Gasteiger partial charge in [-0.2, -0.15) is 13.2 Å². The minimum atomic E-state index is -4.66. The summed E-state index contributed by atoms with van der Waals surface area (Å²) in [6.45, 7) is -0.391. The molecule has 0 aliphatic heterocycles. The van der Waals surface area contributed by atoms with E-state index < -0.39 is 30.0 Å². The molecule has 0 heterocycles. The fourth-order valence-electron chi connectivity index (χ4n) is 1.04. The van der Waals surface area contributed by atoms with Crippen LogP contribution in [-0.2, 0) is 11.0 Å². The molecule has 0 radical (unpaired) electrons. The zero-order valence-corrected chi connectivity index (χ0v) is 7.94. The van der Waals surface area contributed by atoms with Crippen LogP contribution in [0.1, 0.15) is 5.56 Å². The summed E-state index contributed by atoms with van der Waals surface area (Å²) in [5.74, 6) is -1.78. The second kappa shape index (κ2) is 4.48. The van der Waals surface area contributed by atoms with Gasteiger partial charge in [-0.25, -0.2) is 4.39 Å². The normalized spacial score (nSPS) is 11.3. The third-order valence-electron chi connectivity index (χ3n) is 1.69. The molecule has 0 fully saturated rings. The zero-order chi connectivity index (χ0) is 12.3. The number of carbonyl (C=O) groups excluding carboxylic acids is 1. The monoisotopic (exact) mass is 236 g/mol. The van der Waals surface area contributed by atoms with E-state index in [1.807, 2.05) is 5.32 Å². The van der Waals surface area contributed by atoms with Gasteiger partial charge >= 0.3 is 6.18 Å². The number of carbonyl (C=O) groups is 1. The Kier molecular flexibility index (Phi) is 3.48. The molecule has 88 valence electrons. The van der Waals surface area contributed by atoms with Crippen molar-refractivity contribution in [2.24, 2.45) is 5.73 Å². The van der Waals surface area contributed by atoms with Gasteiger partial charge < -0.3 is 11.1 Å². The van der Waals surface area contributed by atoms with Crippen LogP contribution in [0.15, 0.2) is 18.2 Å². The molecule has 7 heteroatoms. The van der Waals surface area contributed by atoms with Gasteiger partial charge in [-0.3, -0.25) is 4.79 Å². The van der Waals surface area contributed by atoms with Gasteiger partial charge in [0.15, 0.2) is 0 Å². The van der Waals surface area contributed by atoms with Crippen LogP contribution in [0.2, 0.25) is 0 Å². The van der Waals surface area contributed by atoms with E-state index in [2.05, 4.69) is 0 Å². The molecule has 0 spiro atoms. The van der Waals surface area contributed by atoms with Crippen molar-refractivity contribution in [3.63, 3.8) is 0 Å². The van der Waals surface area contributed by atoms with Gasteiger partial charge in [-0.1, -0.05) is 0 Å². The van der Waals surface area contributed by atoms with E-state index in [1.54, 1.807) is 0 Å². The van der Waals surface area contributed by atoms with Crippen LogP contribution in [0.5, 0.6) is 0 Å². The number of hydrogen-bond acceptors (Lipinski definition) is 2. The number of benzene rings is 1. The third-order valence-corrected chi connectivity index (χ3v) is 1.69. The maximum absolute atomic E-state index is 12.8. The Bertz CT molecular complexity index is 403. The fraction of sp³-hybridized carbons (Fsp3) is 0.222. The largest absolute Gasteiger partial charge is 0.416 e. The molecule has 0 bridgehead atoms. The topological polar surface area (TPSA) is 55.1 Å². The Hall–Kier alpha value is -1.63. The molecule has 0 aliphatic carbocycles. The lowest BCUT2D eigenvalue weighted by molar-refractivity contribution is -0.137. The molecule has 0 aromatic heterocycles. The number of alkyl halides is 3. The van der Waals surface area contributed by atoms with E-state index in [1.165, 1.54) is 0 Å². The zero-order valence-electron chi connectivity index (χ0n) is 7.94. The average molecular weight is 236 g/mol. The van der Waals surface area contributed by atoms with Crippen LogP contribution < -0.4 is 11.1 Å². The molecule has 1 rings (SSSR count). The van der Waals surface area contributed by atoms with E-state index in [9.17, 15) is 22.4 Å². The van der Waals surface area contributed by atoms with Gasteiger partial charge in [-0.05, 0) is 18.2 Å². The maximum Gasteiger partial charge on any atom is 0.416 e. The highest BCUT2D eigenvalue weighted by Crippen LogP contribution is 2.31. The summed E-state index contributed by atoms with van der Waals surface area (Å²) in [5.41, 5.74) is 3.51. The van der Waals surface area contributed by atoms with Crippen LogP contribution in [-0.4, -0.2) is 12.5 Å². The molecular weight excluding hydrogens is 228 g/mol. The molecule has 3 N–H and O–H groups in total. The maximum atomic E-state index is 12.8. The number of anilines is 1. The van der Waals surface area contributed by atoms with Crippen molar-refractivity contribution in [3.8, 4) is 0 Å². The summed E-state index contributed by atoms with van der Waals surface area (Å²) < 4.78 is 49.6. The molecule has 0 aliphatic rings. The smallest absolute Gasteiger partial charge is 0.325 e. The van der Waals surface area contributed by atoms with Crippen LogP contribution in [0, 0.1) is 5.82 Å². The molecule has 1 aromatic carbocycles. The van der Waals surface area contributed by atoms with E-state index in [4.69, 9.17) is 5.73 Å². The molecule has 1 amide bonds. The molecule has 3 nitrogen and oxygen atoms in total. The first-order valence-corrected chi connectivity index (χ1v) is 4.20. The summed E-state index contributed by atoms with van der Waals surface area (Å²) in [5, 5.41) is 2.04. The second-order valence-electron chi connectivity index (χ2n) is 2.98. The van der Waals surface area contributed by atoms with E-state index >= 15 is 0 Å². The highest BCUT2D eigenvalue weighted by atomic mass is 19.4. The van der Waals surface area contributed by atoms with Crippen LogP contribution in [0.4, 0.5) is 23.2 Å². The SMILES string of the molecule is NCC(=O)Nc1cc(F)cc(C(F)(F)F)c1. The number of amides is 1. The molecule has 0 unspecified atom stereocenters. The Morgan fingerprint density at radius 1 is 1.31 bits per heavy atom. The van der Waals surface area contributed by atoms with Gasteiger partial charge in [0.1, 0.15) is 5.82 Å². The van der Waals surface area contributed by atoms with E-state index in [-0.39, 0.29) is 5.69 Å². The lowest BCUT2D eigenvalue weighted by Crippen LogP contribution is -2.22. The van der Waals surface area contributed by atoms with Crippen molar-refractivity contribution in [3.05, 3.63) is 29.6 Å². The van der Waals surface area contributed by atoms with Gasteiger partial charge in [-0.15, -0.1) is 0 Å². The van der Waals surface area contributed by atoms with Crippen molar-refractivity contribution in [1.29, 1.82) is 0 Å². The van der Waals surface area contributed by atoms with Gasteiger partial charge in [0.2, 0.25) is 5.91 Å². The Morgan fingerprint density at radius 2 is 1.94 bits per heavy atom. The molecule has 1 aromatic rings. The minimum absolute atomic E-state index is 0.275. The highest BCUT2D eigenvalue weighted by Gasteiger charge is 2.31. The molecule has 0 saturated carbocycles. The standard InChI is InChI=1S/C9H8F4N2O/c10-6-1-5(9(11,12)13)2-7(3-6)15-8(16)4-14/h1-3H,4,14H2,(H,15,16). The number of nitrogens with one attached hydrogen (secondary N) is 1. The predicted molar refractivity (Wildman–Crippen MR) is 49.1 cm³/mol. The lowest BCUT2D eigenvalue weighted by Gasteiger charge is -2.09. The summed E-state index contributed by atoms with van der Waals surface area (Å²) in [6.07, 6.45) is -4.66. The highest BCUT2D eigenvalue weighted by molar-refractivity contribution is 5.92. The van der Waals surface area contributed by atoms with Crippen LogP contribution >= 0.6 is 0 Å². The summed E-state index contributed by atoms with van der Waals surface area (Å²) in [7, 11) is 0. The Morgan fingerprint density at radius 3 is 2.44 bits per heavy atom.